The van der Waals surface area contributed by atoms with Crippen molar-refractivity contribution in [3.63, 3.8) is 0 Å². The molecule has 22 heavy (non-hydrogen) atoms. The fraction of sp³-hybridized carbons (Fsp3) is 0.500. The Bertz CT molecular complexity index is 534. The first-order valence-electron chi connectivity index (χ1n) is 7.76. The minimum atomic E-state index is -0.425. The molecule has 4 nitrogen and oxygen atoms in total. The zero-order valence-electron chi connectivity index (χ0n) is 13.4. The molecule has 0 aliphatic carbocycles. The summed E-state index contributed by atoms with van der Waals surface area (Å²) in [5, 5.41) is 18.8. The Morgan fingerprint density at radius 2 is 1.73 bits per heavy atom. The summed E-state index contributed by atoms with van der Waals surface area (Å²) in [7, 11) is 0. The second kappa shape index (κ2) is 7.07. The Morgan fingerprint density at radius 3 is 2.23 bits per heavy atom. The van der Waals surface area contributed by atoms with E-state index in [9.17, 15) is 15.0 Å². The molecule has 1 fully saturated rings. The van der Waals surface area contributed by atoms with Gasteiger partial charge in [-0.2, -0.15) is 0 Å². The predicted molar refractivity (Wildman–Crippen MR) is 87.2 cm³/mol. The van der Waals surface area contributed by atoms with Gasteiger partial charge in [0.2, 0.25) is 5.91 Å². The predicted octanol–water partition coefficient (Wildman–Crippen LogP) is 1.99. The highest BCUT2D eigenvalue weighted by molar-refractivity contribution is 5.97. The van der Waals surface area contributed by atoms with Crippen molar-refractivity contribution in [3.8, 4) is 0 Å². The lowest BCUT2D eigenvalue weighted by atomic mass is 9.80. The molecule has 1 aromatic carbocycles. The third-order valence-corrected chi connectivity index (χ3v) is 4.58. The molecule has 0 saturated carbocycles. The molecule has 1 aliphatic heterocycles. The van der Waals surface area contributed by atoms with Gasteiger partial charge in [0.15, 0.2) is 0 Å². The summed E-state index contributed by atoms with van der Waals surface area (Å²) in [4.78, 5) is 14.3. The fourth-order valence-electron chi connectivity index (χ4n) is 2.77. The molecule has 4 heteroatoms. The number of nitrogens with zero attached hydrogens (tertiary/aromatic N) is 1. The molecule has 0 radical (unpaired) electrons. The monoisotopic (exact) mass is 303 g/mol. The molecule has 1 aliphatic rings. The van der Waals surface area contributed by atoms with Crippen molar-refractivity contribution in [2.24, 2.45) is 5.41 Å². The maximum atomic E-state index is 12.5. The lowest BCUT2D eigenvalue weighted by Crippen LogP contribution is -2.46. The fourth-order valence-corrected chi connectivity index (χ4v) is 2.77. The molecule has 2 N–H and O–H groups in total. The normalized spacial score (nSPS) is 18.4. The van der Waals surface area contributed by atoms with Gasteiger partial charge in [-0.25, -0.2) is 0 Å². The summed E-state index contributed by atoms with van der Waals surface area (Å²) in [5.41, 5.74) is 2.50. The number of piperidine rings is 1. The van der Waals surface area contributed by atoms with Gasteiger partial charge in [0.05, 0.1) is 13.2 Å². The number of amides is 1. The number of hydrogen-bond acceptors (Lipinski definition) is 3. The van der Waals surface area contributed by atoms with Gasteiger partial charge in [-0.1, -0.05) is 29.8 Å². The molecule has 1 amide bonds. The highest BCUT2D eigenvalue weighted by atomic mass is 16.3. The molecule has 0 spiro atoms. The van der Waals surface area contributed by atoms with Gasteiger partial charge in [0.25, 0.3) is 0 Å². The van der Waals surface area contributed by atoms with Crippen LogP contribution in [0.4, 0.5) is 0 Å². The lowest BCUT2D eigenvalue weighted by Gasteiger charge is -2.39. The van der Waals surface area contributed by atoms with Crippen molar-refractivity contribution in [3.05, 3.63) is 41.0 Å². The van der Waals surface area contributed by atoms with Crippen molar-refractivity contribution in [2.75, 3.05) is 26.3 Å². The number of carbonyl (C=O) groups excluding carboxylic acids is 1. The van der Waals surface area contributed by atoms with Gasteiger partial charge < -0.3 is 15.1 Å². The van der Waals surface area contributed by atoms with Gasteiger partial charge in [0, 0.05) is 24.1 Å². The number of aliphatic hydroxyl groups is 2. The molecule has 1 saturated heterocycles. The third kappa shape index (κ3) is 3.76. The first-order valence-corrected chi connectivity index (χ1v) is 7.76. The van der Waals surface area contributed by atoms with Crippen LogP contribution < -0.4 is 0 Å². The molecule has 0 unspecified atom stereocenters. The van der Waals surface area contributed by atoms with Crippen LogP contribution in [0.15, 0.2) is 29.8 Å². The van der Waals surface area contributed by atoms with E-state index in [0.29, 0.717) is 31.5 Å². The van der Waals surface area contributed by atoms with Crippen LogP contribution in [0.3, 0.4) is 0 Å². The quantitative estimate of drug-likeness (QED) is 0.836. The van der Waals surface area contributed by atoms with E-state index < -0.39 is 5.41 Å². The van der Waals surface area contributed by atoms with Crippen LogP contribution in [-0.4, -0.2) is 47.3 Å². The molecular formula is C18H25NO3. The summed E-state index contributed by atoms with van der Waals surface area (Å²) < 4.78 is 0. The van der Waals surface area contributed by atoms with Gasteiger partial charge in [-0.15, -0.1) is 0 Å². The average molecular weight is 303 g/mol. The SMILES string of the molecule is CC(=Cc1ccc(C)cc1)C(=O)N1CCC(CO)(CO)CC1. The average Bonchev–Trinajstić information content (AvgIpc) is 2.56. The largest absolute Gasteiger partial charge is 0.396 e. The maximum absolute atomic E-state index is 12.5. The van der Waals surface area contributed by atoms with Crippen molar-refractivity contribution >= 4 is 12.0 Å². The minimum Gasteiger partial charge on any atom is -0.396 e. The first kappa shape index (κ1) is 16.7. The topological polar surface area (TPSA) is 60.8 Å². The van der Waals surface area contributed by atoms with Gasteiger partial charge >= 0.3 is 0 Å². The summed E-state index contributed by atoms with van der Waals surface area (Å²) in [5.74, 6) is 0.0325. The molecule has 2 rings (SSSR count). The minimum absolute atomic E-state index is 0.0241. The first-order chi connectivity index (χ1) is 10.5. The van der Waals surface area contributed by atoms with Crippen LogP contribution >= 0.6 is 0 Å². The number of benzene rings is 1. The Hall–Kier alpha value is -1.65. The second-order valence-electron chi connectivity index (χ2n) is 6.35. The molecule has 120 valence electrons. The van der Waals surface area contributed by atoms with E-state index in [1.807, 2.05) is 49.1 Å². The standard InChI is InChI=1S/C18H25NO3/c1-14-3-5-16(6-4-14)11-15(2)17(22)19-9-7-18(12-20,13-21)8-10-19/h3-6,11,20-21H,7-10,12-13H2,1-2H3. The molecule has 0 atom stereocenters. The van der Waals surface area contributed by atoms with Crippen molar-refractivity contribution in [2.45, 2.75) is 26.7 Å². The molecule has 0 bridgehead atoms. The van der Waals surface area contributed by atoms with Crippen molar-refractivity contribution in [1.82, 2.24) is 4.90 Å². The number of likely N-dealkylation sites (tertiary alicyclic amines) is 1. The van der Waals surface area contributed by atoms with Crippen LogP contribution in [0, 0.1) is 12.3 Å². The number of hydrogen-bond donors (Lipinski definition) is 2. The van der Waals surface area contributed by atoms with E-state index in [-0.39, 0.29) is 19.1 Å². The molecular weight excluding hydrogens is 278 g/mol. The number of aryl methyl sites for hydroxylation is 1. The number of aliphatic hydroxyl groups excluding tert-OH is 2. The van der Waals surface area contributed by atoms with Crippen LogP contribution in [0.1, 0.15) is 30.9 Å². The van der Waals surface area contributed by atoms with Gasteiger partial charge in [0.1, 0.15) is 0 Å². The summed E-state index contributed by atoms with van der Waals surface area (Å²) in [6.45, 7) is 4.99. The van der Waals surface area contributed by atoms with E-state index in [2.05, 4.69) is 0 Å². The van der Waals surface area contributed by atoms with E-state index in [1.165, 1.54) is 5.56 Å². The summed E-state index contributed by atoms with van der Waals surface area (Å²) in [6.07, 6.45) is 3.19. The number of rotatable bonds is 4. The summed E-state index contributed by atoms with van der Waals surface area (Å²) >= 11 is 0. The van der Waals surface area contributed by atoms with E-state index in [1.54, 1.807) is 0 Å². The highest BCUT2D eigenvalue weighted by Crippen LogP contribution is 2.30. The zero-order chi connectivity index (χ0) is 16.2. The smallest absolute Gasteiger partial charge is 0.249 e. The summed E-state index contributed by atoms with van der Waals surface area (Å²) in [6, 6.07) is 8.07. The van der Waals surface area contributed by atoms with Gasteiger partial charge in [-0.3, -0.25) is 4.79 Å². The zero-order valence-corrected chi connectivity index (χ0v) is 13.4. The third-order valence-electron chi connectivity index (χ3n) is 4.58. The Kier molecular flexibility index (Phi) is 5.37. The maximum Gasteiger partial charge on any atom is 0.249 e. The van der Waals surface area contributed by atoms with E-state index in [0.717, 1.165) is 5.56 Å². The van der Waals surface area contributed by atoms with Crippen molar-refractivity contribution < 1.29 is 15.0 Å². The Balaban J connectivity index is 2.01. The Morgan fingerprint density at radius 1 is 1.18 bits per heavy atom. The second-order valence-corrected chi connectivity index (χ2v) is 6.35. The number of carbonyl (C=O) groups is 1. The molecule has 1 heterocycles. The van der Waals surface area contributed by atoms with Crippen LogP contribution in [-0.2, 0) is 4.79 Å². The molecule has 1 aromatic rings. The van der Waals surface area contributed by atoms with Gasteiger partial charge in [-0.05, 0) is 38.3 Å². The lowest BCUT2D eigenvalue weighted by molar-refractivity contribution is -0.130. The molecule has 0 aromatic heterocycles. The Labute approximate surface area is 132 Å². The van der Waals surface area contributed by atoms with E-state index >= 15 is 0 Å². The van der Waals surface area contributed by atoms with Crippen LogP contribution in [0.2, 0.25) is 0 Å². The van der Waals surface area contributed by atoms with Crippen LogP contribution in [0.5, 0.6) is 0 Å². The highest BCUT2D eigenvalue weighted by Gasteiger charge is 2.35. The van der Waals surface area contributed by atoms with Crippen molar-refractivity contribution in [1.29, 1.82) is 0 Å². The van der Waals surface area contributed by atoms with E-state index in [4.69, 9.17) is 0 Å². The van der Waals surface area contributed by atoms with Crippen LogP contribution in [0.25, 0.3) is 6.08 Å².